The number of nitrogens with zero attached hydrogens (tertiary/aromatic N) is 2. The van der Waals surface area contributed by atoms with Gasteiger partial charge in [-0.25, -0.2) is 0 Å². The number of aliphatic hydroxyl groups excluding tert-OH is 1. The number of para-hydroxylation sites is 1. The molecule has 0 bridgehead atoms. The SMILES string of the molecule is Cc1ccccc1N(C)S(=O)(=O)N1CCCCC1CO. The lowest BCUT2D eigenvalue weighted by Crippen LogP contribution is -2.51. The van der Waals surface area contributed by atoms with Crippen molar-refractivity contribution in [3.63, 3.8) is 0 Å². The summed E-state index contributed by atoms with van der Waals surface area (Å²) >= 11 is 0. The molecule has 1 saturated heterocycles. The largest absolute Gasteiger partial charge is 0.395 e. The molecule has 0 saturated carbocycles. The highest BCUT2D eigenvalue weighted by atomic mass is 32.2. The molecule has 0 amide bonds. The van der Waals surface area contributed by atoms with E-state index in [0.29, 0.717) is 12.2 Å². The molecule has 1 atom stereocenters. The molecule has 2 rings (SSSR count). The molecule has 1 aliphatic heterocycles. The van der Waals surface area contributed by atoms with Gasteiger partial charge in [0.15, 0.2) is 0 Å². The minimum absolute atomic E-state index is 0.124. The van der Waals surface area contributed by atoms with Gasteiger partial charge in [-0.3, -0.25) is 4.31 Å². The van der Waals surface area contributed by atoms with Gasteiger partial charge >= 0.3 is 10.2 Å². The molecule has 1 aliphatic rings. The van der Waals surface area contributed by atoms with Gasteiger partial charge in [0.1, 0.15) is 0 Å². The van der Waals surface area contributed by atoms with Crippen LogP contribution in [0, 0.1) is 6.92 Å². The van der Waals surface area contributed by atoms with Gasteiger partial charge in [-0.1, -0.05) is 24.6 Å². The molecule has 0 radical (unpaired) electrons. The topological polar surface area (TPSA) is 60.9 Å². The smallest absolute Gasteiger partial charge is 0.304 e. The van der Waals surface area contributed by atoms with E-state index < -0.39 is 10.2 Å². The van der Waals surface area contributed by atoms with Gasteiger partial charge in [-0.2, -0.15) is 12.7 Å². The minimum Gasteiger partial charge on any atom is -0.395 e. The van der Waals surface area contributed by atoms with Gasteiger partial charge in [-0.05, 0) is 31.4 Å². The zero-order valence-corrected chi connectivity index (χ0v) is 12.8. The van der Waals surface area contributed by atoms with Crippen molar-refractivity contribution in [1.29, 1.82) is 0 Å². The fourth-order valence-electron chi connectivity index (χ4n) is 2.66. The highest BCUT2D eigenvalue weighted by molar-refractivity contribution is 7.90. The molecule has 20 heavy (non-hydrogen) atoms. The lowest BCUT2D eigenvalue weighted by atomic mass is 10.1. The summed E-state index contributed by atoms with van der Waals surface area (Å²) in [6.07, 6.45) is 2.53. The summed E-state index contributed by atoms with van der Waals surface area (Å²) in [4.78, 5) is 0. The van der Waals surface area contributed by atoms with E-state index in [1.54, 1.807) is 13.1 Å². The van der Waals surface area contributed by atoms with E-state index in [4.69, 9.17) is 0 Å². The van der Waals surface area contributed by atoms with Crippen molar-refractivity contribution in [1.82, 2.24) is 4.31 Å². The Kier molecular flexibility index (Phi) is 4.67. The Labute approximate surface area is 121 Å². The van der Waals surface area contributed by atoms with Crippen LogP contribution < -0.4 is 4.31 Å². The maximum Gasteiger partial charge on any atom is 0.304 e. The third-order valence-electron chi connectivity index (χ3n) is 3.88. The number of aryl methyl sites for hydroxylation is 1. The number of hydrogen-bond donors (Lipinski definition) is 1. The van der Waals surface area contributed by atoms with Crippen LogP contribution in [-0.2, 0) is 10.2 Å². The number of piperidine rings is 1. The summed E-state index contributed by atoms with van der Waals surface area (Å²) in [7, 11) is -2.02. The maximum atomic E-state index is 12.7. The second-order valence-corrected chi connectivity index (χ2v) is 7.12. The molecule has 1 aromatic carbocycles. The van der Waals surface area contributed by atoms with E-state index in [0.717, 1.165) is 24.8 Å². The van der Waals surface area contributed by atoms with E-state index in [-0.39, 0.29) is 12.6 Å². The highest BCUT2D eigenvalue weighted by Gasteiger charge is 2.35. The van der Waals surface area contributed by atoms with Crippen LogP contribution in [0.5, 0.6) is 0 Å². The molecule has 1 fully saturated rings. The summed E-state index contributed by atoms with van der Waals surface area (Å²) in [5, 5.41) is 9.41. The van der Waals surface area contributed by atoms with Crippen molar-refractivity contribution in [3.8, 4) is 0 Å². The Morgan fingerprint density at radius 1 is 1.35 bits per heavy atom. The Hall–Kier alpha value is -1.11. The van der Waals surface area contributed by atoms with Crippen molar-refractivity contribution in [2.24, 2.45) is 0 Å². The molecule has 5 nitrogen and oxygen atoms in total. The van der Waals surface area contributed by atoms with E-state index >= 15 is 0 Å². The van der Waals surface area contributed by atoms with E-state index in [1.807, 2.05) is 25.1 Å². The van der Waals surface area contributed by atoms with Gasteiger partial charge in [0.05, 0.1) is 12.3 Å². The first-order chi connectivity index (χ1) is 9.48. The number of rotatable bonds is 4. The van der Waals surface area contributed by atoms with Crippen LogP contribution >= 0.6 is 0 Å². The molecule has 1 aromatic rings. The van der Waals surface area contributed by atoms with Crippen LogP contribution in [0.2, 0.25) is 0 Å². The Bertz CT molecular complexity index is 559. The first-order valence-electron chi connectivity index (χ1n) is 6.90. The second kappa shape index (κ2) is 6.11. The zero-order chi connectivity index (χ0) is 14.8. The Balaban J connectivity index is 2.32. The average Bonchev–Trinajstić information content (AvgIpc) is 2.47. The minimum atomic E-state index is -3.59. The van der Waals surface area contributed by atoms with Gasteiger partial charge in [0.2, 0.25) is 0 Å². The van der Waals surface area contributed by atoms with Crippen LogP contribution in [0.15, 0.2) is 24.3 Å². The number of benzene rings is 1. The zero-order valence-electron chi connectivity index (χ0n) is 12.0. The first-order valence-corrected chi connectivity index (χ1v) is 8.30. The summed E-state index contributed by atoms with van der Waals surface area (Å²) in [6.45, 7) is 2.24. The summed E-state index contributed by atoms with van der Waals surface area (Å²) in [6, 6.07) is 7.09. The lowest BCUT2D eigenvalue weighted by molar-refractivity contribution is 0.155. The first kappa shape index (κ1) is 15.3. The Morgan fingerprint density at radius 3 is 2.70 bits per heavy atom. The molecule has 1 unspecified atom stereocenters. The van der Waals surface area contributed by atoms with Crippen LogP contribution in [0.25, 0.3) is 0 Å². The number of anilines is 1. The van der Waals surface area contributed by atoms with Gasteiger partial charge in [0.25, 0.3) is 0 Å². The standard InChI is InChI=1S/C14H22N2O3S/c1-12-7-3-4-9-14(12)15(2)20(18,19)16-10-6-5-8-13(16)11-17/h3-4,7,9,13,17H,5-6,8,10-11H2,1-2H3. The predicted molar refractivity (Wildman–Crippen MR) is 79.9 cm³/mol. The molecule has 112 valence electrons. The number of aliphatic hydroxyl groups is 1. The molecular weight excluding hydrogens is 276 g/mol. The summed E-state index contributed by atoms with van der Waals surface area (Å²) in [5.41, 5.74) is 1.59. The fourth-order valence-corrected chi connectivity index (χ4v) is 4.34. The van der Waals surface area contributed by atoms with E-state index in [2.05, 4.69) is 0 Å². The lowest BCUT2D eigenvalue weighted by Gasteiger charge is -2.36. The molecule has 0 spiro atoms. The molecule has 1 heterocycles. The van der Waals surface area contributed by atoms with E-state index in [9.17, 15) is 13.5 Å². The maximum absolute atomic E-state index is 12.7. The second-order valence-electron chi connectivity index (χ2n) is 5.20. The van der Waals surface area contributed by atoms with Crippen molar-refractivity contribution < 1.29 is 13.5 Å². The molecule has 0 aliphatic carbocycles. The van der Waals surface area contributed by atoms with Crippen molar-refractivity contribution in [2.75, 3.05) is 24.5 Å². The van der Waals surface area contributed by atoms with E-state index in [1.165, 1.54) is 8.61 Å². The molecule has 0 aromatic heterocycles. The van der Waals surface area contributed by atoms with Gasteiger partial charge < -0.3 is 5.11 Å². The fraction of sp³-hybridized carbons (Fsp3) is 0.571. The van der Waals surface area contributed by atoms with Crippen LogP contribution in [0.1, 0.15) is 24.8 Å². The monoisotopic (exact) mass is 298 g/mol. The normalized spacial score (nSPS) is 20.9. The quantitative estimate of drug-likeness (QED) is 0.917. The van der Waals surface area contributed by atoms with Crippen LogP contribution in [0.4, 0.5) is 5.69 Å². The van der Waals surface area contributed by atoms with Gasteiger partial charge in [0, 0.05) is 19.6 Å². The predicted octanol–water partition coefficient (Wildman–Crippen LogP) is 1.52. The number of hydrogen-bond acceptors (Lipinski definition) is 3. The molecule has 1 N–H and O–H groups in total. The van der Waals surface area contributed by atoms with Crippen molar-refractivity contribution in [3.05, 3.63) is 29.8 Å². The molecular formula is C14H22N2O3S. The summed E-state index contributed by atoms with van der Waals surface area (Å²) < 4.78 is 28.2. The highest BCUT2D eigenvalue weighted by Crippen LogP contribution is 2.27. The van der Waals surface area contributed by atoms with Crippen molar-refractivity contribution in [2.45, 2.75) is 32.2 Å². The van der Waals surface area contributed by atoms with Crippen LogP contribution in [-0.4, -0.2) is 44.1 Å². The Morgan fingerprint density at radius 2 is 2.05 bits per heavy atom. The van der Waals surface area contributed by atoms with Gasteiger partial charge in [-0.15, -0.1) is 0 Å². The third kappa shape index (κ3) is 2.82. The average molecular weight is 298 g/mol. The molecule has 6 heteroatoms. The third-order valence-corrected chi connectivity index (χ3v) is 5.84. The summed E-state index contributed by atoms with van der Waals surface area (Å²) in [5.74, 6) is 0. The van der Waals surface area contributed by atoms with Crippen molar-refractivity contribution >= 4 is 15.9 Å². The van der Waals surface area contributed by atoms with Crippen LogP contribution in [0.3, 0.4) is 0 Å².